The van der Waals surface area contributed by atoms with Gasteiger partial charge in [-0.3, -0.25) is 4.79 Å². The fourth-order valence-electron chi connectivity index (χ4n) is 2.95. The van der Waals surface area contributed by atoms with Crippen molar-refractivity contribution in [2.75, 3.05) is 0 Å². The van der Waals surface area contributed by atoms with E-state index in [1.54, 1.807) is 0 Å². The second kappa shape index (κ2) is 16.1. The molecule has 1 aromatic rings. The average molecular weight is 413 g/mol. The van der Waals surface area contributed by atoms with E-state index in [9.17, 15) is 20.1 Å². The van der Waals surface area contributed by atoms with Gasteiger partial charge in [0.15, 0.2) is 5.78 Å². The van der Waals surface area contributed by atoms with E-state index in [2.05, 4.69) is 49.5 Å². The summed E-state index contributed by atoms with van der Waals surface area (Å²) in [7, 11) is 0. The lowest BCUT2D eigenvalue weighted by Crippen LogP contribution is -1.99. The number of hydrogen-bond acceptors (Lipinski definition) is 4. The molecule has 0 unspecified atom stereocenters. The van der Waals surface area contributed by atoms with E-state index in [1.165, 1.54) is 25.7 Å². The maximum Gasteiger partial charge on any atom is 0.170 e. The topological polar surface area (TPSA) is 77.8 Å². The number of carbonyl (C=O) groups is 1. The van der Waals surface area contributed by atoms with Crippen molar-refractivity contribution in [3.8, 4) is 17.2 Å². The lowest BCUT2D eigenvalue weighted by Gasteiger charge is -2.06. The van der Waals surface area contributed by atoms with Crippen LogP contribution in [0.4, 0.5) is 0 Å². The van der Waals surface area contributed by atoms with Crippen molar-refractivity contribution in [2.45, 2.75) is 71.1 Å². The predicted molar refractivity (Wildman–Crippen MR) is 124 cm³/mol. The van der Waals surface area contributed by atoms with Gasteiger partial charge in [-0.25, -0.2) is 0 Å². The molecule has 0 fully saturated rings. The highest BCUT2D eigenvalue weighted by atomic mass is 16.3. The number of ketones is 1. The molecule has 0 aromatic heterocycles. The molecule has 4 heteroatoms. The number of carbonyl (C=O) groups excluding carboxylic acids is 1. The summed E-state index contributed by atoms with van der Waals surface area (Å²) in [6.07, 6.45) is 26.7. The first-order valence-electron chi connectivity index (χ1n) is 10.9. The largest absolute Gasteiger partial charge is 0.508 e. The van der Waals surface area contributed by atoms with Crippen LogP contribution in [-0.4, -0.2) is 21.1 Å². The van der Waals surface area contributed by atoms with Crippen LogP contribution in [0.1, 0.15) is 81.5 Å². The summed E-state index contributed by atoms with van der Waals surface area (Å²) in [5.74, 6) is -1.39. The molecule has 0 bridgehead atoms. The number of benzene rings is 1. The fourth-order valence-corrected chi connectivity index (χ4v) is 2.95. The Morgan fingerprint density at radius 2 is 1.20 bits per heavy atom. The average Bonchev–Trinajstić information content (AvgIpc) is 2.69. The molecular formula is C26H36O4. The monoisotopic (exact) mass is 412 g/mol. The third kappa shape index (κ3) is 11.3. The van der Waals surface area contributed by atoms with Crippen LogP contribution in [0.25, 0.3) is 0 Å². The van der Waals surface area contributed by atoms with Gasteiger partial charge in [0.25, 0.3) is 0 Å². The molecule has 164 valence electrons. The maximum atomic E-state index is 12.1. The molecule has 0 saturated heterocycles. The molecule has 0 amide bonds. The quantitative estimate of drug-likeness (QED) is 0.163. The van der Waals surface area contributed by atoms with Gasteiger partial charge in [0.2, 0.25) is 0 Å². The SMILES string of the molecule is CCCCCC=CCC=CCC=CCC=CCCCC(=O)c1c(O)cc(O)cc1O. The summed E-state index contributed by atoms with van der Waals surface area (Å²) in [6.45, 7) is 2.22. The van der Waals surface area contributed by atoms with Crippen molar-refractivity contribution < 1.29 is 20.1 Å². The summed E-state index contributed by atoms with van der Waals surface area (Å²) in [4.78, 5) is 12.1. The molecule has 0 aliphatic carbocycles. The van der Waals surface area contributed by atoms with Gasteiger partial charge in [0.05, 0.1) is 0 Å². The van der Waals surface area contributed by atoms with E-state index in [1.807, 2.05) is 6.08 Å². The zero-order chi connectivity index (χ0) is 22.0. The van der Waals surface area contributed by atoms with Crippen LogP contribution in [0.2, 0.25) is 0 Å². The number of unbranched alkanes of at least 4 members (excludes halogenated alkanes) is 4. The van der Waals surface area contributed by atoms with Crippen LogP contribution in [0.15, 0.2) is 60.7 Å². The van der Waals surface area contributed by atoms with Crippen molar-refractivity contribution in [1.29, 1.82) is 0 Å². The number of Topliss-reactive ketones (excluding diaryl/α,β-unsaturated/α-hetero) is 1. The number of hydrogen-bond donors (Lipinski definition) is 3. The van der Waals surface area contributed by atoms with E-state index < -0.39 is 11.5 Å². The summed E-state index contributed by atoms with van der Waals surface area (Å²) in [5, 5.41) is 28.7. The Hall–Kier alpha value is -2.75. The number of aromatic hydroxyl groups is 3. The first-order valence-corrected chi connectivity index (χ1v) is 10.9. The molecule has 0 aliphatic rings. The Kier molecular flexibility index (Phi) is 13.6. The third-order valence-electron chi connectivity index (χ3n) is 4.59. The number of rotatable bonds is 15. The van der Waals surface area contributed by atoms with Crippen LogP contribution >= 0.6 is 0 Å². The molecule has 0 heterocycles. The lowest BCUT2D eigenvalue weighted by atomic mass is 10.0. The fraction of sp³-hybridized carbons (Fsp3) is 0.423. The summed E-state index contributed by atoms with van der Waals surface area (Å²) >= 11 is 0. The molecule has 0 radical (unpaired) electrons. The van der Waals surface area contributed by atoms with Crippen LogP contribution < -0.4 is 0 Å². The van der Waals surface area contributed by atoms with Gasteiger partial charge < -0.3 is 15.3 Å². The van der Waals surface area contributed by atoms with Crippen LogP contribution in [0.3, 0.4) is 0 Å². The molecule has 30 heavy (non-hydrogen) atoms. The van der Waals surface area contributed by atoms with Gasteiger partial charge in [-0.2, -0.15) is 0 Å². The second-order valence-corrected chi connectivity index (χ2v) is 7.26. The minimum atomic E-state index is -0.393. The van der Waals surface area contributed by atoms with Crippen molar-refractivity contribution in [2.24, 2.45) is 0 Å². The van der Waals surface area contributed by atoms with Crippen LogP contribution in [-0.2, 0) is 0 Å². The molecule has 3 N–H and O–H groups in total. The van der Waals surface area contributed by atoms with Gasteiger partial charge in [-0.05, 0) is 44.9 Å². The van der Waals surface area contributed by atoms with E-state index in [0.717, 1.165) is 37.8 Å². The summed E-state index contributed by atoms with van der Waals surface area (Å²) in [6, 6.07) is 2.11. The second-order valence-electron chi connectivity index (χ2n) is 7.26. The minimum absolute atomic E-state index is 0.125. The van der Waals surface area contributed by atoms with Gasteiger partial charge >= 0.3 is 0 Å². The van der Waals surface area contributed by atoms with Crippen molar-refractivity contribution in [3.63, 3.8) is 0 Å². The Balaban J connectivity index is 2.12. The number of allylic oxidation sites excluding steroid dienone is 8. The van der Waals surface area contributed by atoms with Crippen molar-refractivity contribution in [1.82, 2.24) is 0 Å². The zero-order valence-corrected chi connectivity index (χ0v) is 18.1. The van der Waals surface area contributed by atoms with Crippen molar-refractivity contribution >= 4 is 5.78 Å². The Bertz CT molecular complexity index is 718. The number of phenols is 3. The summed E-state index contributed by atoms with van der Waals surface area (Å²) < 4.78 is 0. The Morgan fingerprint density at radius 3 is 1.70 bits per heavy atom. The molecule has 4 nitrogen and oxygen atoms in total. The Labute approximate surface area is 181 Å². The standard InChI is InChI=1S/C26H36O4/c1-2-3-4-5-6-7-8-9-10-11-12-13-14-15-16-17-18-19-23(28)26-24(29)20-22(27)21-25(26)30/h6-7,9-10,12-13,15-16,20-21,27,29-30H,2-5,8,11,14,17-19H2,1H3. The molecule has 1 rings (SSSR count). The highest BCUT2D eigenvalue weighted by molar-refractivity contribution is 6.01. The van der Waals surface area contributed by atoms with E-state index in [0.29, 0.717) is 6.42 Å². The molecule has 0 aliphatic heterocycles. The van der Waals surface area contributed by atoms with Gasteiger partial charge in [0.1, 0.15) is 22.8 Å². The molecule has 0 spiro atoms. The van der Waals surface area contributed by atoms with E-state index in [4.69, 9.17) is 0 Å². The zero-order valence-electron chi connectivity index (χ0n) is 18.1. The normalized spacial score (nSPS) is 12.2. The van der Waals surface area contributed by atoms with Crippen LogP contribution in [0.5, 0.6) is 17.2 Å². The molecule has 1 aromatic carbocycles. The van der Waals surface area contributed by atoms with Crippen molar-refractivity contribution in [3.05, 3.63) is 66.3 Å². The van der Waals surface area contributed by atoms with Crippen LogP contribution in [0, 0.1) is 0 Å². The summed E-state index contributed by atoms with van der Waals surface area (Å²) in [5.41, 5.74) is -0.125. The lowest BCUT2D eigenvalue weighted by molar-refractivity contribution is 0.0975. The predicted octanol–water partition coefficient (Wildman–Crippen LogP) is 7.13. The minimum Gasteiger partial charge on any atom is -0.508 e. The van der Waals surface area contributed by atoms with E-state index in [-0.39, 0.29) is 23.5 Å². The van der Waals surface area contributed by atoms with Gasteiger partial charge in [0, 0.05) is 18.6 Å². The smallest absolute Gasteiger partial charge is 0.170 e. The third-order valence-corrected chi connectivity index (χ3v) is 4.59. The van der Waals surface area contributed by atoms with Gasteiger partial charge in [-0.15, -0.1) is 0 Å². The van der Waals surface area contributed by atoms with E-state index >= 15 is 0 Å². The number of phenolic OH excluding ortho intramolecular Hbond substituents is 3. The first-order chi connectivity index (χ1) is 14.6. The highest BCUT2D eigenvalue weighted by Gasteiger charge is 2.16. The highest BCUT2D eigenvalue weighted by Crippen LogP contribution is 2.33. The Morgan fingerprint density at radius 1 is 0.733 bits per heavy atom. The maximum absolute atomic E-state index is 12.1. The molecule has 0 atom stereocenters. The molecular weight excluding hydrogens is 376 g/mol. The van der Waals surface area contributed by atoms with Gasteiger partial charge in [-0.1, -0.05) is 68.4 Å². The first kappa shape index (κ1) is 25.3. The molecule has 0 saturated carbocycles.